The Morgan fingerprint density at radius 3 is 2.32 bits per heavy atom. The molecule has 25 heavy (non-hydrogen) atoms. The lowest BCUT2D eigenvalue weighted by Gasteiger charge is -2.12. The number of nitro groups is 1. The summed E-state index contributed by atoms with van der Waals surface area (Å²) in [6.07, 6.45) is 1.30. The maximum atomic E-state index is 11.6. The van der Waals surface area contributed by atoms with E-state index < -0.39 is 4.92 Å². The van der Waals surface area contributed by atoms with Crippen LogP contribution in [0.2, 0.25) is 0 Å². The maximum Gasteiger partial charge on any atom is 0.353 e. The molecule has 0 spiro atoms. The van der Waals surface area contributed by atoms with Gasteiger partial charge in [-0.15, -0.1) is 0 Å². The average molecular weight is 335 g/mol. The van der Waals surface area contributed by atoms with E-state index in [2.05, 4.69) is 20.6 Å². The van der Waals surface area contributed by atoms with E-state index in [0.29, 0.717) is 5.69 Å². The monoisotopic (exact) mass is 335 g/mol. The van der Waals surface area contributed by atoms with Gasteiger partial charge in [0.1, 0.15) is 6.33 Å². The number of para-hydroxylation sites is 1. The van der Waals surface area contributed by atoms with E-state index in [1.807, 2.05) is 62.4 Å². The van der Waals surface area contributed by atoms with E-state index in [-0.39, 0.29) is 17.3 Å². The summed E-state index contributed by atoms with van der Waals surface area (Å²) in [6, 6.07) is 15.0. The molecule has 7 nitrogen and oxygen atoms in total. The van der Waals surface area contributed by atoms with E-state index >= 15 is 0 Å². The first-order valence-corrected chi connectivity index (χ1v) is 7.70. The van der Waals surface area contributed by atoms with Gasteiger partial charge in [0.25, 0.3) is 0 Å². The van der Waals surface area contributed by atoms with Gasteiger partial charge in [-0.05, 0) is 43.2 Å². The highest BCUT2D eigenvalue weighted by atomic mass is 16.6. The standard InChI is InChI=1S/C18H17N5O2/c1-12-8-9-13(2)15(10-12)22-18-16(23(24)25)17(19-11-20-18)21-14-6-4-3-5-7-14/h3-11H,1-2H3,(H2,19,20,21,22). The normalized spacial score (nSPS) is 10.3. The predicted molar refractivity (Wildman–Crippen MR) is 97.6 cm³/mol. The number of hydrogen-bond acceptors (Lipinski definition) is 6. The molecule has 0 atom stereocenters. The van der Waals surface area contributed by atoms with Crippen molar-refractivity contribution in [1.29, 1.82) is 0 Å². The second kappa shape index (κ2) is 6.96. The third-order valence-corrected chi connectivity index (χ3v) is 3.69. The van der Waals surface area contributed by atoms with Crippen LogP contribution in [-0.4, -0.2) is 14.9 Å². The number of rotatable bonds is 5. The van der Waals surface area contributed by atoms with Gasteiger partial charge in [0.2, 0.25) is 11.6 Å². The minimum atomic E-state index is -0.487. The molecular weight excluding hydrogens is 318 g/mol. The molecule has 126 valence electrons. The molecule has 0 aliphatic rings. The Labute approximate surface area is 144 Å². The van der Waals surface area contributed by atoms with Crippen LogP contribution < -0.4 is 10.6 Å². The molecule has 7 heteroatoms. The van der Waals surface area contributed by atoms with E-state index in [1.165, 1.54) is 6.33 Å². The lowest BCUT2D eigenvalue weighted by atomic mass is 10.1. The lowest BCUT2D eigenvalue weighted by molar-refractivity contribution is -0.383. The fourth-order valence-electron chi connectivity index (χ4n) is 2.39. The Morgan fingerprint density at radius 1 is 0.960 bits per heavy atom. The second-order valence-electron chi connectivity index (χ2n) is 5.61. The van der Waals surface area contributed by atoms with Crippen molar-refractivity contribution >= 4 is 28.7 Å². The number of hydrogen-bond donors (Lipinski definition) is 2. The third kappa shape index (κ3) is 3.72. The molecule has 0 saturated carbocycles. The van der Waals surface area contributed by atoms with Crippen molar-refractivity contribution in [3.8, 4) is 0 Å². The van der Waals surface area contributed by atoms with Crippen molar-refractivity contribution in [2.45, 2.75) is 13.8 Å². The van der Waals surface area contributed by atoms with Gasteiger partial charge < -0.3 is 10.6 Å². The minimum Gasteiger partial charge on any atom is -0.334 e. The quantitative estimate of drug-likeness (QED) is 0.527. The number of anilines is 4. The fraction of sp³-hybridized carbons (Fsp3) is 0.111. The van der Waals surface area contributed by atoms with Crippen LogP contribution in [-0.2, 0) is 0 Å². The van der Waals surface area contributed by atoms with Crippen molar-refractivity contribution in [3.63, 3.8) is 0 Å². The van der Waals surface area contributed by atoms with Crippen molar-refractivity contribution in [1.82, 2.24) is 9.97 Å². The van der Waals surface area contributed by atoms with Crippen LogP contribution in [0.1, 0.15) is 11.1 Å². The summed E-state index contributed by atoms with van der Waals surface area (Å²) in [4.78, 5) is 19.2. The summed E-state index contributed by atoms with van der Waals surface area (Å²) in [5, 5.41) is 17.7. The summed E-state index contributed by atoms with van der Waals surface area (Å²) in [7, 11) is 0. The summed E-state index contributed by atoms with van der Waals surface area (Å²) >= 11 is 0. The van der Waals surface area contributed by atoms with Crippen LogP contribution in [0.5, 0.6) is 0 Å². The van der Waals surface area contributed by atoms with Gasteiger partial charge in [0, 0.05) is 11.4 Å². The summed E-state index contributed by atoms with van der Waals surface area (Å²) < 4.78 is 0. The van der Waals surface area contributed by atoms with Crippen LogP contribution in [0, 0.1) is 24.0 Å². The number of nitrogens with zero attached hydrogens (tertiary/aromatic N) is 3. The number of aryl methyl sites for hydroxylation is 2. The number of benzene rings is 2. The first-order chi connectivity index (χ1) is 12.0. The van der Waals surface area contributed by atoms with Crippen molar-refractivity contribution in [2.75, 3.05) is 10.6 Å². The van der Waals surface area contributed by atoms with Crippen LogP contribution in [0.25, 0.3) is 0 Å². The Balaban J connectivity index is 2.01. The lowest BCUT2D eigenvalue weighted by Crippen LogP contribution is -2.06. The topological polar surface area (TPSA) is 93.0 Å². The molecule has 0 aliphatic carbocycles. The Hall–Kier alpha value is -3.48. The summed E-state index contributed by atoms with van der Waals surface area (Å²) in [5.41, 5.74) is 3.30. The van der Waals surface area contributed by atoms with Gasteiger partial charge >= 0.3 is 5.69 Å². The molecular formula is C18H17N5O2. The predicted octanol–water partition coefficient (Wildman–Crippen LogP) is 4.49. The molecule has 0 saturated heterocycles. The van der Waals surface area contributed by atoms with Crippen LogP contribution in [0.15, 0.2) is 54.9 Å². The molecule has 0 unspecified atom stereocenters. The number of aromatic nitrogens is 2. The van der Waals surface area contributed by atoms with Gasteiger partial charge in [0.15, 0.2) is 0 Å². The van der Waals surface area contributed by atoms with E-state index in [4.69, 9.17) is 0 Å². The van der Waals surface area contributed by atoms with E-state index in [1.54, 1.807) is 0 Å². The molecule has 1 aromatic heterocycles. The molecule has 0 radical (unpaired) electrons. The van der Waals surface area contributed by atoms with Crippen LogP contribution >= 0.6 is 0 Å². The molecule has 2 N–H and O–H groups in total. The number of nitrogens with one attached hydrogen (secondary N) is 2. The van der Waals surface area contributed by atoms with Crippen molar-refractivity contribution in [3.05, 3.63) is 76.1 Å². The molecule has 0 amide bonds. The highest BCUT2D eigenvalue weighted by Gasteiger charge is 2.23. The van der Waals surface area contributed by atoms with Crippen molar-refractivity contribution in [2.24, 2.45) is 0 Å². The first kappa shape index (κ1) is 16.4. The SMILES string of the molecule is Cc1ccc(C)c(Nc2ncnc(Nc3ccccc3)c2[N+](=O)[O-])c1. The molecule has 3 rings (SSSR count). The maximum absolute atomic E-state index is 11.6. The largest absolute Gasteiger partial charge is 0.353 e. The third-order valence-electron chi connectivity index (χ3n) is 3.69. The zero-order valence-electron chi connectivity index (χ0n) is 13.9. The minimum absolute atomic E-state index is 0.138. The highest BCUT2D eigenvalue weighted by Crippen LogP contribution is 2.33. The smallest absolute Gasteiger partial charge is 0.334 e. The van der Waals surface area contributed by atoms with Gasteiger partial charge in [-0.25, -0.2) is 9.97 Å². The van der Waals surface area contributed by atoms with Crippen LogP contribution in [0.3, 0.4) is 0 Å². The summed E-state index contributed by atoms with van der Waals surface area (Å²) in [6.45, 7) is 3.89. The van der Waals surface area contributed by atoms with Crippen LogP contribution in [0.4, 0.5) is 28.7 Å². The zero-order chi connectivity index (χ0) is 17.8. The fourth-order valence-corrected chi connectivity index (χ4v) is 2.39. The molecule has 0 bridgehead atoms. The summed E-state index contributed by atoms with van der Waals surface area (Å²) in [5.74, 6) is 0.283. The Bertz CT molecular complexity index is 913. The Morgan fingerprint density at radius 2 is 1.64 bits per heavy atom. The van der Waals surface area contributed by atoms with E-state index in [9.17, 15) is 10.1 Å². The van der Waals surface area contributed by atoms with Gasteiger partial charge in [-0.2, -0.15) is 0 Å². The van der Waals surface area contributed by atoms with Gasteiger partial charge in [-0.3, -0.25) is 10.1 Å². The van der Waals surface area contributed by atoms with E-state index in [0.717, 1.165) is 16.8 Å². The average Bonchev–Trinajstić information content (AvgIpc) is 2.59. The van der Waals surface area contributed by atoms with Gasteiger partial charge in [0.05, 0.1) is 4.92 Å². The molecule has 0 fully saturated rings. The highest BCUT2D eigenvalue weighted by molar-refractivity contribution is 5.77. The van der Waals surface area contributed by atoms with Gasteiger partial charge in [-0.1, -0.05) is 30.3 Å². The molecule has 3 aromatic rings. The second-order valence-corrected chi connectivity index (χ2v) is 5.61. The molecule has 0 aliphatic heterocycles. The molecule has 1 heterocycles. The Kier molecular flexibility index (Phi) is 4.56. The zero-order valence-corrected chi connectivity index (χ0v) is 13.9. The first-order valence-electron chi connectivity index (χ1n) is 7.70. The van der Waals surface area contributed by atoms with Crippen molar-refractivity contribution < 1.29 is 4.92 Å². The molecule has 2 aromatic carbocycles.